The zero-order valence-electron chi connectivity index (χ0n) is 18.5. The summed E-state index contributed by atoms with van der Waals surface area (Å²) in [4.78, 5) is 17.7. The molecule has 4 fully saturated rings. The summed E-state index contributed by atoms with van der Waals surface area (Å²) in [5, 5.41) is 8.96. The number of nitrogens with zero attached hydrogens (tertiary/aromatic N) is 2. The van der Waals surface area contributed by atoms with E-state index in [-0.39, 0.29) is 11.4 Å². The van der Waals surface area contributed by atoms with Gasteiger partial charge in [-0.1, -0.05) is 24.3 Å². The minimum Gasteiger partial charge on any atom is -0.423 e. The van der Waals surface area contributed by atoms with E-state index < -0.39 is 0 Å². The van der Waals surface area contributed by atoms with Gasteiger partial charge in [0.25, 0.3) is 0 Å². The summed E-state index contributed by atoms with van der Waals surface area (Å²) in [6, 6.07) is 20.8. The number of ether oxygens (including phenoxy) is 1. The molecular weight excluding hydrogens is 408 g/mol. The molecule has 0 saturated heterocycles. The number of nitriles is 1. The Hall–Kier alpha value is -3.45. The van der Waals surface area contributed by atoms with E-state index in [1.807, 2.05) is 42.5 Å². The number of esters is 1. The molecule has 0 unspecified atom stereocenters. The maximum absolute atomic E-state index is 12.9. The molecular formula is C29H26N2O2. The summed E-state index contributed by atoms with van der Waals surface area (Å²) in [5.41, 5.74) is 4.48. The van der Waals surface area contributed by atoms with Gasteiger partial charge in [-0.2, -0.15) is 5.26 Å². The first-order valence-corrected chi connectivity index (χ1v) is 11.9. The van der Waals surface area contributed by atoms with E-state index in [1.54, 1.807) is 24.4 Å². The smallest absolute Gasteiger partial charge is 0.343 e. The number of hydrogen-bond donors (Lipinski definition) is 0. The van der Waals surface area contributed by atoms with Crippen molar-refractivity contribution in [2.24, 2.45) is 17.8 Å². The second kappa shape index (κ2) is 7.85. The first-order chi connectivity index (χ1) is 16.1. The van der Waals surface area contributed by atoms with Crippen molar-refractivity contribution in [2.45, 2.75) is 43.9 Å². The van der Waals surface area contributed by atoms with E-state index in [0.717, 1.165) is 34.6 Å². The van der Waals surface area contributed by atoms with Gasteiger partial charge in [-0.05, 0) is 104 Å². The van der Waals surface area contributed by atoms with Gasteiger partial charge in [-0.3, -0.25) is 4.98 Å². The topological polar surface area (TPSA) is 63.0 Å². The van der Waals surface area contributed by atoms with Crippen LogP contribution in [0.2, 0.25) is 0 Å². The van der Waals surface area contributed by atoms with E-state index in [1.165, 1.54) is 38.5 Å². The Kier molecular flexibility index (Phi) is 4.80. The van der Waals surface area contributed by atoms with Crippen molar-refractivity contribution in [2.75, 3.05) is 0 Å². The van der Waals surface area contributed by atoms with Gasteiger partial charge >= 0.3 is 5.97 Å². The van der Waals surface area contributed by atoms with Crippen molar-refractivity contribution in [1.82, 2.24) is 4.98 Å². The third kappa shape index (κ3) is 3.72. The highest BCUT2D eigenvalue weighted by molar-refractivity contribution is 5.91. The van der Waals surface area contributed by atoms with Crippen molar-refractivity contribution >= 4 is 5.97 Å². The molecule has 1 aromatic heterocycles. The van der Waals surface area contributed by atoms with Crippen molar-refractivity contribution in [3.8, 4) is 22.9 Å². The SMILES string of the molecule is N#Cc1ccc(-c2ccc(OC(=O)c3ccnc(C45CC6CC(CC(C6)C4)C5)c3)cc2)cc1. The first-order valence-electron chi connectivity index (χ1n) is 11.9. The van der Waals surface area contributed by atoms with Gasteiger partial charge in [0.2, 0.25) is 0 Å². The summed E-state index contributed by atoms with van der Waals surface area (Å²) in [5.74, 6) is 2.69. The maximum Gasteiger partial charge on any atom is 0.343 e. The van der Waals surface area contributed by atoms with E-state index in [9.17, 15) is 4.79 Å². The van der Waals surface area contributed by atoms with Crippen LogP contribution in [0, 0.1) is 29.1 Å². The molecule has 0 radical (unpaired) electrons. The molecule has 0 spiro atoms. The lowest BCUT2D eigenvalue weighted by atomic mass is 9.48. The molecule has 33 heavy (non-hydrogen) atoms. The number of carbonyl (C=O) groups is 1. The highest BCUT2D eigenvalue weighted by Gasteiger charge is 2.52. The molecule has 4 heteroatoms. The number of carbonyl (C=O) groups excluding carboxylic acids is 1. The van der Waals surface area contributed by atoms with Crippen LogP contribution in [0.4, 0.5) is 0 Å². The Balaban J connectivity index is 1.19. The summed E-state index contributed by atoms with van der Waals surface area (Å²) in [6.45, 7) is 0. The van der Waals surface area contributed by atoms with Crippen LogP contribution in [-0.4, -0.2) is 11.0 Å². The van der Waals surface area contributed by atoms with Gasteiger partial charge in [0, 0.05) is 17.3 Å². The molecule has 4 nitrogen and oxygen atoms in total. The lowest BCUT2D eigenvalue weighted by Crippen LogP contribution is -2.49. The Morgan fingerprint density at radius 1 is 0.879 bits per heavy atom. The number of rotatable bonds is 4. The lowest BCUT2D eigenvalue weighted by molar-refractivity contribution is -0.00723. The Morgan fingerprint density at radius 3 is 2.03 bits per heavy atom. The van der Waals surface area contributed by atoms with Gasteiger partial charge in [0.1, 0.15) is 5.75 Å². The second-order valence-corrected chi connectivity index (χ2v) is 10.2. The van der Waals surface area contributed by atoms with Crippen LogP contribution in [0.25, 0.3) is 11.1 Å². The van der Waals surface area contributed by atoms with Gasteiger partial charge in [0.05, 0.1) is 17.2 Å². The summed E-state index contributed by atoms with van der Waals surface area (Å²) < 4.78 is 5.69. The minimum atomic E-state index is -0.338. The second-order valence-electron chi connectivity index (χ2n) is 10.2. The van der Waals surface area contributed by atoms with Crippen molar-refractivity contribution in [3.63, 3.8) is 0 Å². The normalized spacial score (nSPS) is 27.2. The third-order valence-electron chi connectivity index (χ3n) is 7.99. The average Bonchev–Trinajstić information content (AvgIpc) is 2.84. The zero-order valence-corrected chi connectivity index (χ0v) is 18.5. The summed E-state index contributed by atoms with van der Waals surface area (Å²) in [6.07, 6.45) is 9.61. The van der Waals surface area contributed by atoms with Crippen LogP contribution >= 0.6 is 0 Å². The van der Waals surface area contributed by atoms with E-state index in [2.05, 4.69) is 6.07 Å². The lowest BCUT2D eigenvalue weighted by Gasteiger charge is -2.56. The van der Waals surface area contributed by atoms with Crippen molar-refractivity contribution in [3.05, 3.63) is 83.7 Å². The van der Waals surface area contributed by atoms with E-state index in [0.29, 0.717) is 16.9 Å². The number of hydrogen-bond acceptors (Lipinski definition) is 4. The highest BCUT2D eigenvalue weighted by Crippen LogP contribution is 2.60. The van der Waals surface area contributed by atoms with Gasteiger partial charge < -0.3 is 4.74 Å². The molecule has 164 valence electrons. The largest absolute Gasteiger partial charge is 0.423 e. The standard InChI is InChI=1S/C29H26N2O2/c30-18-19-1-3-23(4-2-19)24-5-7-26(8-6-24)33-28(32)25-9-10-31-27(14-25)29-15-20-11-21(16-29)13-22(12-20)17-29/h1-10,14,20-22H,11-13,15-17H2. The Morgan fingerprint density at radius 2 is 1.45 bits per heavy atom. The first kappa shape index (κ1) is 20.2. The summed E-state index contributed by atoms with van der Waals surface area (Å²) in [7, 11) is 0. The number of pyridine rings is 1. The van der Waals surface area contributed by atoms with Crippen LogP contribution in [0.15, 0.2) is 66.9 Å². The van der Waals surface area contributed by atoms with Crippen LogP contribution < -0.4 is 4.74 Å². The van der Waals surface area contributed by atoms with E-state index in [4.69, 9.17) is 15.0 Å². The van der Waals surface area contributed by atoms with Gasteiger partial charge in [-0.15, -0.1) is 0 Å². The van der Waals surface area contributed by atoms with Gasteiger partial charge in [0.15, 0.2) is 0 Å². The Bertz CT molecular complexity index is 1200. The fraction of sp³-hybridized carbons (Fsp3) is 0.345. The predicted molar refractivity (Wildman–Crippen MR) is 126 cm³/mol. The van der Waals surface area contributed by atoms with Crippen molar-refractivity contribution in [1.29, 1.82) is 5.26 Å². The number of benzene rings is 2. The molecule has 4 bridgehead atoms. The summed E-state index contributed by atoms with van der Waals surface area (Å²) >= 11 is 0. The minimum absolute atomic E-state index is 0.160. The molecule has 4 aliphatic carbocycles. The van der Waals surface area contributed by atoms with Crippen LogP contribution in [-0.2, 0) is 5.41 Å². The monoisotopic (exact) mass is 434 g/mol. The predicted octanol–water partition coefficient (Wildman–Crippen LogP) is 6.31. The van der Waals surface area contributed by atoms with Crippen LogP contribution in [0.5, 0.6) is 5.75 Å². The molecule has 7 rings (SSSR count). The molecule has 1 heterocycles. The molecule has 2 aromatic carbocycles. The molecule has 4 saturated carbocycles. The fourth-order valence-corrected chi connectivity index (χ4v) is 6.89. The van der Waals surface area contributed by atoms with E-state index >= 15 is 0 Å². The van der Waals surface area contributed by atoms with Gasteiger partial charge in [-0.25, -0.2) is 4.79 Å². The quantitative estimate of drug-likeness (QED) is 0.357. The average molecular weight is 435 g/mol. The molecule has 3 aromatic rings. The molecule has 0 N–H and O–H groups in total. The highest BCUT2D eigenvalue weighted by atomic mass is 16.5. The molecule has 0 aliphatic heterocycles. The van der Waals surface area contributed by atoms with Crippen molar-refractivity contribution < 1.29 is 9.53 Å². The molecule has 0 amide bonds. The number of aromatic nitrogens is 1. The Labute approximate surface area is 194 Å². The zero-order chi connectivity index (χ0) is 22.4. The third-order valence-corrected chi connectivity index (χ3v) is 7.99. The fourth-order valence-electron chi connectivity index (χ4n) is 6.89. The van der Waals surface area contributed by atoms with Crippen LogP contribution in [0.3, 0.4) is 0 Å². The van der Waals surface area contributed by atoms with Crippen LogP contribution in [0.1, 0.15) is 60.1 Å². The molecule has 0 atom stereocenters. The maximum atomic E-state index is 12.9. The molecule has 4 aliphatic rings.